The molecule has 1 aliphatic carbocycles. The first-order chi connectivity index (χ1) is 9.98. The number of nitro groups is 1. The summed E-state index contributed by atoms with van der Waals surface area (Å²) in [5.74, 6) is 0.542. The van der Waals surface area contributed by atoms with Gasteiger partial charge in [0.05, 0.1) is 17.1 Å². The van der Waals surface area contributed by atoms with Crippen LogP contribution in [0.5, 0.6) is 0 Å². The number of hydrogen-bond acceptors (Lipinski definition) is 5. The van der Waals surface area contributed by atoms with Gasteiger partial charge in [0.25, 0.3) is 5.69 Å². The van der Waals surface area contributed by atoms with Gasteiger partial charge in [-0.1, -0.05) is 19.8 Å². The predicted molar refractivity (Wildman–Crippen MR) is 83.7 cm³/mol. The number of non-ortho nitro benzene ring substituents is 1. The molecule has 6 heteroatoms. The van der Waals surface area contributed by atoms with Crippen molar-refractivity contribution in [3.05, 3.63) is 28.3 Å². The molecule has 1 aromatic carbocycles. The second-order valence-electron chi connectivity index (χ2n) is 6.04. The van der Waals surface area contributed by atoms with Crippen molar-refractivity contribution in [2.24, 2.45) is 5.92 Å². The lowest BCUT2D eigenvalue weighted by Crippen LogP contribution is -2.45. The second kappa shape index (κ2) is 6.30. The average molecular weight is 293 g/mol. The Morgan fingerprint density at radius 2 is 2.14 bits per heavy atom. The molecule has 2 atom stereocenters. The number of hydrogen-bond donors (Lipinski definition) is 3. The molecule has 0 heterocycles. The SMILES string of the molecule is CNc1cc(NC2(CO)CCCC(C)C2)cc([N+](=O)[O-])c1. The molecule has 0 aliphatic heterocycles. The molecular weight excluding hydrogens is 270 g/mol. The van der Waals surface area contributed by atoms with Crippen LogP contribution >= 0.6 is 0 Å². The highest BCUT2D eigenvalue weighted by Gasteiger charge is 2.34. The number of benzene rings is 1. The van der Waals surface area contributed by atoms with E-state index in [2.05, 4.69) is 17.6 Å². The Bertz CT molecular complexity index is 521. The normalized spacial score (nSPS) is 25.4. The van der Waals surface area contributed by atoms with E-state index in [4.69, 9.17) is 0 Å². The van der Waals surface area contributed by atoms with E-state index in [0.29, 0.717) is 17.3 Å². The van der Waals surface area contributed by atoms with Gasteiger partial charge in [-0.3, -0.25) is 10.1 Å². The van der Waals surface area contributed by atoms with E-state index in [-0.39, 0.29) is 17.8 Å². The van der Waals surface area contributed by atoms with Crippen LogP contribution in [0.1, 0.15) is 32.6 Å². The fraction of sp³-hybridized carbons (Fsp3) is 0.600. The van der Waals surface area contributed by atoms with Gasteiger partial charge in [-0.2, -0.15) is 0 Å². The van der Waals surface area contributed by atoms with Crippen molar-refractivity contribution < 1.29 is 10.0 Å². The number of nitrogens with one attached hydrogen (secondary N) is 2. The average Bonchev–Trinajstić information content (AvgIpc) is 2.46. The smallest absolute Gasteiger partial charge is 0.273 e. The van der Waals surface area contributed by atoms with Crippen LogP contribution in [0.2, 0.25) is 0 Å². The minimum atomic E-state index is -0.402. The summed E-state index contributed by atoms with van der Waals surface area (Å²) in [6.45, 7) is 2.21. The van der Waals surface area contributed by atoms with E-state index in [1.807, 2.05) is 6.07 Å². The maximum atomic E-state index is 11.0. The standard InChI is InChI=1S/C15H23N3O3/c1-11-4-3-5-15(9-11,10-19)17-13-6-12(16-2)7-14(8-13)18(20)21/h6-8,11,16-17,19H,3-5,9-10H2,1-2H3. The molecule has 0 spiro atoms. The van der Waals surface area contributed by atoms with E-state index in [9.17, 15) is 15.2 Å². The predicted octanol–water partition coefficient (Wildman–Crippen LogP) is 2.99. The van der Waals surface area contributed by atoms with Crippen molar-refractivity contribution in [3.63, 3.8) is 0 Å². The molecule has 0 radical (unpaired) electrons. The van der Waals surface area contributed by atoms with E-state index < -0.39 is 4.92 Å². The first-order valence-electron chi connectivity index (χ1n) is 7.34. The Labute approximate surface area is 124 Å². The molecule has 2 rings (SSSR count). The monoisotopic (exact) mass is 293 g/mol. The maximum Gasteiger partial charge on any atom is 0.273 e. The number of aliphatic hydroxyl groups is 1. The Kier molecular flexibility index (Phi) is 4.67. The summed E-state index contributed by atoms with van der Waals surface area (Å²) in [5, 5.41) is 27.1. The zero-order valence-electron chi connectivity index (χ0n) is 12.6. The topological polar surface area (TPSA) is 87.4 Å². The van der Waals surface area contributed by atoms with E-state index in [1.54, 1.807) is 7.05 Å². The van der Waals surface area contributed by atoms with Crippen LogP contribution in [0.25, 0.3) is 0 Å². The van der Waals surface area contributed by atoms with Crippen molar-refractivity contribution in [2.45, 2.75) is 38.1 Å². The minimum Gasteiger partial charge on any atom is -0.394 e. The molecule has 0 saturated heterocycles. The zero-order valence-corrected chi connectivity index (χ0v) is 12.6. The van der Waals surface area contributed by atoms with Crippen molar-refractivity contribution >= 4 is 17.1 Å². The molecular formula is C15H23N3O3. The van der Waals surface area contributed by atoms with Gasteiger partial charge in [-0.25, -0.2) is 0 Å². The minimum absolute atomic E-state index is 0.0366. The van der Waals surface area contributed by atoms with Gasteiger partial charge >= 0.3 is 0 Å². The van der Waals surface area contributed by atoms with Gasteiger partial charge in [0.1, 0.15) is 0 Å². The first-order valence-corrected chi connectivity index (χ1v) is 7.34. The summed E-state index contributed by atoms with van der Waals surface area (Å²) in [5.41, 5.74) is 1.03. The Hall–Kier alpha value is -1.82. The Balaban J connectivity index is 2.28. The Morgan fingerprint density at radius 3 is 2.71 bits per heavy atom. The first kappa shape index (κ1) is 15.6. The van der Waals surface area contributed by atoms with Crippen LogP contribution in [-0.4, -0.2) is 29.2 Å². The molecule has 3 N–H and O–H groups in total. The summed E-state index contributed by atoms with van der Waals surface area (Å²) in [4.78, 5) is 10.6. The molecule has 0 aromatic heterocycles. The van der Waals surface area contributed by atoms with Crippen molar-refractivity contribution in [1.29, 1.82) is 0 Å². The van der Waals surface area contributed by atoms with Crippen molar-refractivity contribution in [1.82, 2.24) is 0 Å². The lowest BCUT2D eigenvalue weighted by molar-refractivity contribution is -0.384. The molecule has 1 saturated carbocycles. The summed E-state index contributed by atoms with van der Waals surface area (Å²) in [6.07, 6.45) is 3.98. The van der Waals surface area contributed by atoms with Crippen LogP contribution in [0, 0.1) is 16.0 Å². The van der Waals surface area contributed by atoms with Crippen LogP contribution in [0.15, 0.2) is 18.2 Å². The highest BCUT2D eigenvalue weighted by atomic mass is 16.6. The maximum absolute atomic E-state index is 11.0. The molecule has 116 valence electrons. The number of nitro benzene ring substituents is 1. The van der Waals surface area contributed by atoms with Crippen LogP contribution < -0.4 is 10.6 Å². The lowest BCUT2D eigenvalue weighted by Gasteiger charge is -2.40. The highest BCUT2D eigenvalue weighted by Crippen LogP contribution is 2.36. The third-order valence-electron chi connectivity index (χ3n) is 4.22. The summed E-state index contributed by atoms with van der Waals surface area (Å²) in [7, 11) is 1.73. The van der Waals surface area contributed by atoms with Crippen LogP contribution in [-0.2, 0) is 0 Å². The molecule has 2 unspecified atom stereocenters. The van der Waals surface area contributed by atoms with Gasteiger partial charge in [0.2, 0.25) is 0 Å². The number of anilines is 2. The van der Waals surface area contributed by atoms with Gasteiger partial charge in [0.15, 0.2) is 0 Å². The van der Waals surface area contributed by atoms with Crippen molar-refractivity contribution in [3.8, 4) is 0 Å². The molecule has 0 bridgehead atoms. The number of nitrogens with zero attached hydrogens (tertiary/aromatic N) is 1. The zero-order chi connectivity index (χ0) is 15.5. The molecule has 0 amide bonds. The molecule has 1 aliphatic rings. The molecule has 1 fully saturated rings. The second-order valence-corrected chi connectivity index (χ2v) is 6.04. The van der Waals surface area contributed by atoms with E-state index >= 15 is 0 Å². The summed E-state index contributed by atoms with van der Waals surface area (Å²) < 4.78 is 0. The largest absolute Gasteiger partial charge is 0.394 e. The van der Waals surface area contributed by atoms with Crippen LogP contribution in [0.3, 0.4) is 0 Å². The lowest BCUT2D eigenvalue weighted by atomic mass is 9.76. The Morgan fingerprint density at radius 1 is 1.43 bits per heavy atom. The fourth-order valence-corrected chi connectivity index (χ4v) is 3.20. The third-order valence-corrected chi connectivity index (χ3v) is 4.22. The number of aliphatic hydroxyl groups excluding tert-OH is 1. The van der Waals surface area contributed by atoms with Crippen LogP contribution in [0.4, 0.5) is 17.1 Å². The van der Waals surface area contributed by atoms with Gasteiger partial charge in [-0.05, 0) is 24.8 Å². The number of rotatable bonds is 5. The van der Waals surface area contributed by atoms with Gasteiger partial charge < -0.3 is 15.7 Å². The molecule has 21 heavy (non-hydrogen) atoms. The van der Waals surface area contributed by atoms with Crippen molar-refractivity contribution in [2.75, 3.05) is 24.3 Å². The van der Waals surface area contributed by atoms with Gasteiger partial charge in [-0.15, -0.1) is 0 Å². The quantitative estimate of drug-likeness (QED) is 0.574. The van der Waals surface area contributed by atoms with E-state index in [0.717, 1.165) is 19.3 Å². The van der Waals surface area contributed by atoms with Gasteiger partial charge in [0, 0.05) is 30.6 Å². The fourth-order valence-electron chi connectivity index (χ4n) is 3.20. The third kappa shape index (κ3) is 3.64. The van der Waals surface area contributed by atoms with E-state index in [1.165, 1.54) is 18.6 Å². The summed E-state index contributed by atoms with van der Waals surface area (Å²) >= 11 is 0. The highest BCUT2D eigenvalue weighted by molar-refractivity contribution is 5.64. The molecule has 6 nitrogen and oxygen atoms in total. The summed E-state index contributed by atoms with van der Waals surface area (Å²) in [6, 6.07) is 4.86. The molecule has 1 aromatic rings.